The zero-order valence-corrected chi connectivity index (χ0v) is 10.2. The maximum atomic E-state index is 13.5. The lowest BCUT2D eigenvalue weighted by molar-refractivity contribution is 0.412. The lowest BCUT2D eigenvalue weighted by Gasteiger charge is -2.13. The molecule has 1 aromatic carbocycles. The van der Waals surface area contributed by atoms with Gasteiger partial charge in [-0.1, -0.05) is 0 Å². The molecule has 3 rings (SSSR count). The van der Waals surface area contributed by atoms with E-state index in [0.29, 0.717) is 10.2 Å². The molecule has 0 radical (unpaired) electrons. The SMILES string of the molecule is COc1cc(F)cc2c(=O)n(N)c(=O)n(C3CC3)c12. The van der Waals surface area contributed by atoms with E-state index >= 15 is 0 Å². The number of ether oxygens (including phenoxy) is 1. The van der Waals surface area contributed by atoms with Gasteiger partial charge in [-0.15, -0.1) is 0 Å². The van der Waals surface area contributed by atoms with Gasteiger partial charge in [-0.05, 0) is 18.9 Å². The lowest BCUT2D eigenvalue weighted by atomic mass is 10.2. The zero-order valence-electron chi connectivity index (χ0n) is 10.2. The lowest BCUT2D eigenvalue weighted by Crippen LogP contribution is -2.44. The van der Waals surface area contributed by atoms with Gasteiger partial charge < -0.3 is 10.6 Å². The number of benzene rings is 1. The Morgan fingerprint density at radius 2 is 2.05 bits per heavy atom. The second-order valence-corrected chi connectivity index (χ2v) is 4.56. The average molecular weight is 265 g/mol. The first-order valence-corrected chi connectivity index (χ1v) is 5.84. The Kier molecular flexibility index (Phi) is 2.38. The van der Waals surface area contributed by atoms with Crippen LogP contribution in [0.1, 0.15) is 18.9 Å². The Morgan fingerprint density at radius 3 is 2.63 bits per heavy atom. The first-order chi connectivity index (χ1) is 9.04. The zero-order chi connectivity index (χ0) is 13.7. The molecule has 1 aliphatic carbocycles. The predicted molar refractivity (Wildman–Crippen MR) is 67.4 cm³/mol. The highest BCUT2D eigenvalue weighted by molar-refractivity contribution is 5.84. The predicted octanol–water partition coefficient (Wildman–Crippen LogP) is 0.360. The third-order valence-electron chi connectivity index (χ3n) is 3.27. The highest BCUT2D eigenvalue weighted by Crippen LogP contribution is 2.37. The van der Waals surface area contributed by atoms with Gasteiger partial charge in [-0.2, -0.15) is 4.68 Å². The molecule has 1 aromatic heterocycles. The fourth-order valence-electron chi connectivity index (χ4n) is 2.24. The number of nitrogens with two attached hydrogens (primary N) is 1. The second kappa shape index (κ2) is 3.84. The average Bonchev–Trinajstić information content (AvgIpc) is 3.21. The quantitative estimate of drug-likeness (QED) is 0.795. The van der Waals surface area contributed by atoms with E-state index in [9.17, 15) is 14.0 Å². The monoisotopic (exact) mass is 265 g/mol. The largest absolute Gasteiger partial charge is 0.494 e. The molecule has 1 saturated carbocycles. The van der Waals surface area contributed by atoms with E-state index < -0.39 is 17.1 Å². The number of halogens is 1. The molecule has 100 valence electrons. The number of nitrogen functional groups attached to an aromatic ring is 1. The highest BCUT2D eigenvalue weighted by Gasteiger charge is 2.29. The van der Waals surface area contributed by atoms with Crippen LogP contribution in [0.2, 0.25) is 0 Å². The fraction of sp³-hybridized carbons (Fsp3) is 0.333. The Morgan fingerprint density at radius 1 is 1.37 bits per heavy atom. The third-order valence-corrected chi connectivity index (χ3v) is 3.27. The summed E-state index contributed by atoms with van der Waals surface area (Å²) >= 11 is 0. The van der Waals surface area contributed by atoms with Gasteiger partial charge in [-0.25, -0.2) is 9.18 Å². The minimum Gasteiger partial charge on any atom is -0.494 e. The summed E-state index contributed by atoms with van der Waals surface area (Å²) in [6.45, 7) is 0. The van der Waals surface area contributed by atoms with Crippen LogP contribution in [0, 0.1) is 5.82 Å². The van der Waals surface area contributed by atoms with Gasteiger partial charge in [0.05, 0.1) is 12.5 Å². The molecule has 0 saturated heterocycles. The highest BCUT2D eigenvalue weighted by atomic mass is 19.1. The smallest absolute Gasteiger partial charge is 0.350 e. The first kappa shape index (κ1) is 11.8. The molecule has 1 aliphatic rings. The molecule has 1 fully saturated rings. The second-order valence-electron chi connectivity index (χ2n) is 4.56. The molecule has 0 spiro atoms. The van der Waals surface area contributed by atoms with Crippen LogP contribution in [0.25, 0.3) is 10.9 Å². The van der Waals surface area contributed by atoms with Crippen LogP contribution < -0.4 is 21.8 Å². The van der Waals surface area contributed by atoms with Gasteiger partial charge in [0.2, 0.25) is 0 Å². The van der Waals surface area contributed by atoms with Gasteiger partial charge in [-0.3, -0.25) is 9.36 Å². The molecule has 19 heavy (non-hydrogen) atoms. The summed E-state index contributed by atoms with van der Waals surface area (Å²) in [5.74, 6) is 5.02. The Bertz CT molecular complexity index is 789. The van der Waals surface area contributed by atoms with E-state index in [0.717, 1.165) is 25.0 Å². The molecule has 6 nitrogen and oxygen atoms in total. The Labute approximate surface area is 106 Å². The molecule has 2 aromatic rings. The van der Waals surface area contributed by atoms with E-state index in [-0.39, 0.29) is 17.2 Å². The summed E-state index contributed by atoms with van der Waals surface area (Å²) in [6, 6.07) is 2.22. The van der Waals surface area contributed by atoms with Crippen LogP contribution in [-0.4, -0.2) is 16.4 Å². The van der Waals surface area contributed by atoms with Crippen molar-refractivity contribution in [3.63, 3.8) is 0 Å². The summed E-state index contributed by atoms with van der Waals surface area (Å²) in [5, 5.41) is 0.0471. The van der Waals surface area contributed by atoms with Crippen LogP contribution in [-0.2, 0) is 0 Å². The van der Waals surface area contributed by atoms with Crippen molar-refractivity contribution in [3.05, 3.63) is 38.8 Å². The molecular formula is C12H12FN3O3. The molecule has 0 amide bonds. The van der Waals surface area contributed by atoms with E-state index in [1.54, 1.807) is 0 Å². The van der Waals surface area contributed by atoms with Crippen molar-refractivity contribution in [2.75, 3.05) is 13.0 Å². The number of nitrogens with zero attached hydrogens (tertiary/aromatic N) is 2. The number of fused-ring (bicyclic) bond motifs is 1. The molecule has 0 unspecified atom stereocenters. The van der Waals surface area contributed by atoms with Gasteiger partial charge in [0.25, 0.3) is 5.56 Å². The molecule has 2 N–H and O–H groups in total. The van der Waals surface area contributed by atoms with E-state index in [4.69, 9.17) is 10.6 Å². The molecular weight excluding hydrogens is 253 g/mol. The normalized spacial score (nSPS) is 14.8. The summed E-state index contributed by atoms with van der Waals surface area (Å²) < 4.78 is 20.5. The van der Waals surface area contributed by atoms with Crippen molar-refractivity contribution in [3.8, 4) is 5.75 Å². The topological polar surface area (TPSA) is 79.2 Å². The van der Waals surface area contributed by atoms with Crippen molar-refractivity contribution >= 4 is 10.9 Å². The fourth-order valence-corrected chi connectivity index (χ4v) is 2.24. The van der Waals surface area contributed by atoms with Crippen LogP contribution >= 0.6 is 0 Å². The van der Waals surface area contributed by atoms with Crippen LogP contribution in [0.5, 0.6) is 5.75 Å². The third kappa shape index (κ3) is 1.61. The van der Waals surface area contributed by atoms with Crippen molar-refractivity contribution in [1.29, 1.82) is 0 Å². The summed E-state index contributed by atoms with van der Waals surface area (Å²) in [5.41, 5.74) is -1.03. The van der Waals surface area contributed by atoms with Crippen molar-refractivity contribution < 1.29 is 9.13 Å². The van der Waals surface area contributed by atoms with Gasteiger partial charge in [0, 0.05) is 12.1 Å². The van der Waals surface area contributed by atoms with E-state index in [1.165, 1.54) is 11.7 Å². The Balaban J connectivity index is 2.58. The maximum absolute atomic E-state index is 13.5. The summed E-state index contributed by atoms with van der Waals surface area (Å²) in [4.78, 5) is 24.1. The minimum absolute atomic E-state index is 0.00948. The first-order valence-electron chi connectivity index (χ1n) is 5.84. The molecule has 0 aliphatic heterocycles. The number of aromatic nitrogens is 2. The standard InChI is InChI=1S/C12H12FN3O3/c1-19-9-5-6(13)4-8-10(9)15(7-2-3-7)12(18)16(14)11(8)17/h4-5,7H,2-3,14H2,1H3. The van der Waals surface area contributed by atoms with Gasteiger partial charge in [0.15, 0.2) is 0 Å². The number of methoxy groups -OCH3 is 1. The van der Waals surface area contributed by atoms with Crippen molar-refractivity contribution in [2.24, 2.45) is 0 Å². The van der Waals surface area contributed by atoms with Crippen LogP contribution in [0.3, 0.4) is 0 Å². The van der Waals surface area contributed by atoms with Crippen LogP contribution in [0.4, 0.5) is 4.39 Å². The maximum Gasteiger partial charge on any atom is 0.350 e. The van der Waals surface area contributed by atoms with Crippen molar-refractivity contribution in [1.82, 2.24) is 9.24 Å². The summed E-state index contributed by atoms with van der Waals surface area (Å²) in [7, 11) is 1.36. The Hall–Kier alpha value is -2.31. The number of rotatable bonds is 2. The summed E-state index contributed by atoms with van der Waals surface area (Å²) in [6.07, 6.45) is 1.65. The van der Waals surface area contributed by atoms with Crippen LogP contribution in [0.15, 0.2) is 21.7 Å². The molecule has 0 bridgehead atoms. The van der Waals surface area contributed by atoms with E-state index in [2.05, 4.69) is 0 Å². The molecule has 1 heterocycles. The van der Waals surface area contributed by atoms with Gasteiger partial charge >= 0.3 is 5.69 Å². The number of hydrogen-bond donors (Lipinski definition) is 1. The molecule has 0 atom stereocenters. The number of hydrogen-bond acceptors (Lipinski definition) is 4. The van der Waals surface area contributed by atoms with Gasteiger partial charge in [0.1, 0.15) is 17.1 Å². The van der Waals surface area contributed by atoms with E-state index in [1.807, 2.05) is 0 Å². The van der Waals surface area contributed by atoms with Crippen molar-refractivity contribution in [2.45, 2.75) is 18.9 Å². The minimum atomic E-state index is -0.727. The molecule has 7 heteroatoms.